The van der Waals surface area contributed by atoms with Gasteiger partial charge >= 0.3 is 0 Å². The highest BCUT2D eigenvalue weighted by atomic mass is 35.5. The number of carbonyl (C=O) groups excluding carboxylic acids is 1. The molecule has 21 heavy (non-hydrogen) atoms. The average Bonchev–Trinajstić information content (AvgIpc) is 2.86. The molecule has 2 aromatic carbocycles. The van der Waals surface area contributed by atoms with Crippen LogP contribution >= 0.6 is 11.6 Å². The minimum atomic E-state index is -0.478. The maximum absolute atomic E-state index is 13.1. The maximum Gasteiger partial charge on any atom is 0.156 e. The number of nitrogens with zero attached hydrogens (tertiary/aromatic N) is 2. The summed E-state index contributed by atoms with van der Waals surface area (Å²) in [6, 6.07) is 12.0. The van der Waals surface area contributed by atoms with Crippen LogP contribution in [0.2, 0.25) is 5.02 Å². The van der Waals surface area contributed by atoms with Crippen LogP contribution in [0.1, 0.15) is 5.56 Å². The van der Waals surface area contributed by atoms with E-state index in [0.717, 1.165) is 11.0 Å². The lowest BCUT2D eigenvalue weighted by atomic mass is 10.1. The smallest absolute Gasteiger partial charge is 0.156 e. The number of para-hydroxylation sites is 2. The molecule has 0 saturated carbocycles. The van der Waals surface area contributed by atoms with Gasteiger partial charge in [0.2, 0.25) is 0 Å². The van der Waals surface area contributed by atoms with E-state index in [9.17, 15) is 9.18 Å². The number of hydrogen-bond donors (Lipinski definition) is 0. The van der Waals surface area contributed by atoms with Crippen molar-refractivity contribution in [3.63, 3.8) is 0 Å². The molecule has 3 rings (SSSR count). The van der Waals surface area contributed by atoms with Gasteiger partial charge in [-0.25, -0.2) is 9.37 Å². The van der Waals surface area contributed by atoms with Crippen molar-refractivity contribution in [3.05, 3.63) is 65.2 Å². The first-order valence-corrected chi connectivity index (χ1v) is 6.87. The van der Waals surface area contributed by atoms with Crippen LogP contribution in [-0.4, -0.2) is 15.3 Å². The monoisotopic (exact) mass is 302 g/mol. The Morgan fingerprint density at radius 3 is 2.86 bits per heavy atom. The number of fused-ring (bicyclic) bond motifs is 1. The third kappa shape index (κ3) is 2.95. The van der Waals surface area contributed by atoms with Crippen molar-refractivity contribution in [1.82, 2.24) is 9.55 Å². The highest BCUT2D eigenvalue weighted by Gasteiger charge is 2.09. The van der Waals surface area contributed by atoms with Crippen molar-refractivity contribution >= 4 is 28.4 Å². The predicted octanol–water partition coefficient (Wildman–Crippen LogP) is 3.64. The van der Waals surface area contributed by atoms with E-state index in [0.29, 0.717) is 5.56 Å². The van der Waals surface area contributed by atoms with Gasteiger partial charge in [0, 0.05) is 6.42 Å². The number of rotatable bonds is 4. The number of halogens is 2. The molecule has 0 aliphatic carbocycles. The summed E-state index contributed by atoms with van der Waals surface area (Å²) in [4.78, 5) is 16.4. The van der Waals surface area contributed by atoms with E-state index in [2.05, 4.69) is 4.98 Å². The molecule has 3 nitrogen and oxygen atoms in total. The second kappa shape index (κ2) is 5.66. The van der Waals surface area contributed by atoms with Gasteiger partial charge in [-0.15, -0.1) is 0 Å². The fourth-order valence-corrected chi connectivity index (χ4v) is 2.46. The highest BCUT2D eigenvalue weighted by Crippen LogP contribution is 2.17. The predicted molar refractivity (Wildman–Crippen MR) is 79.9 cm³/mol. The molecular formula is C16H12ClFN2O. The van der Waals surface area contributed by atoms with Gasteiger partial charge < -0.3 is 4.57 Å². The fourth-order valence-electron chi connectivity index (χ4n) is 2.26. The SMILES string of the molecule is O=C(Cc1ccc(F)c(Cl)c1)Cn1cnc2ccccc21. The van der Waals surface area contributed by atoms with E-state index < -0.39 is 5.82 Å². The van der Waals surface area contributed by atoms with Gasteiger partial charge in [0.05, 0.1) is 28.9 Å². The summed E-state index contributed by atoms with van der Waals surface area (Å²) in [5.74, 6) is -0.464. The lowest BCUT2D eigenvalue weighted by Crippen LogP contribution is -2.11. The van der Waals surface area contributed by atoms with Crippen LogP contribution in [0.4, 0.5) is 4.39 Å². The Kier molecular flexibility index (Phi) is 3.71. The van der Waals surface area contributed by atoms with Gasteiger partial charge in [-0.1, -0.05) is 29.8 Å². The summed E-state index contributed by atoms with van der Waals surface area (Å²) in [5, 5.41) is 0.0355. The topological polar surface area (TPSA) is 34.9 Å². The summed E-state index contributed by atoms with van der Waals surface area (Å²) in [6.45, 7) is 0.232. The Labute approximate surface area is 126 Å². The van der Waals surface area contributed by atoms with E-state index >= 15 is 0 Å². The second-order valence-electron chi connectivity index (χ2n) is 4.83. The molecule has 0 aliphatic rings. The van der Waals surface area contributed by atoms with Crippen molar-refractivity contribution < 1.29 is 9.18 Å². The Hall–Kier alpha value is -2.20. The molecule has 106 valence electrons. The number of benzene rings is 2. The van der Waals surface area contributed by atoms with Gasteiger partial charge in [-0.2, -0.15) is 0 Å². The van der Waals surface area contributed by atoms with Crippen LogP contribution in [0.3, 0.4) is 0 Å². The average molecular weight is 303 g/mol. The molecule has 0 saturated heterocycles. The van der Waals surface area contributed by atoms with Crippen molar-refractivity contribution in [2.24, 2.45) is 0 Å². The number of aromatic nitrogens is 2. The summed E-state index contributed by atoms with van der Waals surface area (Å²) in [6.07, 6.45) is 1.87. The molecule has 0 aliphatic heterocycles. The van der Waals surface area contributed by atoms with E-state index in [1.807, 2.05) is 28.8 Å². The van der Waals surface area contributed by atoms with Crippen molar-refractivity contribution in [2.75, 3.05) is 0 Å². The Morgan fingerprint density at radius 2 is 2.05 bits per heavy atom. The van der Waals surface area contributed by atoms with Crippen LogP contribution in [0, 0.1) is 5.82 Å². The van der Waals surface area contributed by atoms with Gasteiger partial charge in [0.15, 0.2) is 5.78 Å². The normalized spacial score (nSPS) is 11.0. The zero-order chi connectivity index (χ0) is 14.8. The van der Waals surface area contributed by atoms with Crippen LogP contribution in [-0.2, 0) is 17.8 Å². The molecule has 0 spiro atoms. The number of hydrogen-bond acceptors (Lipinski definition) is 2. The first kappa shape index (κ1) is 13.8. The molecule has 1 heterocycles. The van der Waals surface area contributed by atoms with E-state index in [-0.39, 0.29) is 23.8 Å². The van der Waals surface area contributed by atoms with Crippen molar-refractivity contribution in [3.8, 4) is 0 Å². The van der Waals surface area contributed by atoms with Gasteiger partial charge in [0.25, 0.3) is 0 Å². The van der Waals surface area contributed by atoms with E-state index in [1.54, 1.807) is 12.4 Å². The summed E-state index contributed by atoms with van der Waals surface area (Å²) >= 11 is 5.72. The molecule has 0 amide bonds. The minimum Gasteiger partial charge on any atom is -0.323 e. The molecule has 0 atom stereocenters. The third-order valence-corrected chi connectivity index (χ3v) is 3.55. The van der Waals surface area contributed by atoms with Gasteiger partial charge in [-0.3, -0.25) is 4.79 Å². The molecular weight excluding hydrogens is 291 g/mol. The first-order valence-electron chi connectivity index (χ1n) is 6.49. The molecule has 0 fully saturated rings. The molecule has 0 bridgehead atoms. The van der Waals surface area contributed by atoms with E-state index in [4.69, 9.17) is 11.6 Å². The minimum absolute atomic E-state index is 0.0147. The second-order valence-corrected chi connectivity index (χ2v) is 5.23. The molecule has 0 radical (unpaired) electrons. The molecule has 3 aromatic rings. The number of carbonyl (C=O) groups is 1. The first-order chi connectivity index (χ1) is 10.1. The maximum atomic E-state index is 13.1. The number of ketones is 1. The fraction of sp³-hybridized carbons (Fsp3) is 0.125. The number of Topliss-reactive ketones (excluding diaryl/α,β-unsaturated/α-hetero) is 1. The van der Waals surface area contributed by atoms with Crippen molar-refractivity contribution in [1.29, 1.82) is 0 Å². The van der Waals surface area contributed by atoms with Gasteiger partial charge in [-0.05, 0) is 29.8 Å². The van der Waals surface area contributed by atoms with Crippen molar-refractivity contribution in [2.45, 2.75) is 13.0 Å². The van der Waals surface area contributed by atoms with Gasteiger partial charge in [0.1, 0.15) is 5.82 Å². The Morgan fingerprint density at radius 1 is 1.24 bits per heavy atom. The Bertz CT molecular complexity index is 813. The van der Waals surface area contributed by atoms with Crippen LogP contribution < -0.4 is 0 Å². The Balaban J connectivity index is 1.75. The summed E-state index contributed by atoms with van der Waals surface area (Å²) in [7, 11) is 0. The lowest BCUT2D eigenvalue weighted by Gasteiger charge is -2.05. The zero-order valence-electron chi connectivity index (χ0n) is 11.1. The quantitative estimate of drug-likeness (QED) is 0.737. The van der Waals surface area contributed by atoms with Crippen LogP contribution in [0.15, 0.2) is 48.8 Å². The third-order valence-electron chi connectivity index (χ3n) is 3.26. The molecule has 0 N–H and O–H groups in total. The largest absolute Gasteiger partial charge is 0.323 e. The summed E-state index contributed by atoms with van der Waals surface area (Å²) < 4.78 is 14.9. The van der Waals surface area contributed by atoms with Crippen LogP contribution in [0.25, 0.3) is 11.0 Å². The molecule has 1 aromatic heterocycles. The number of imidazole rings is 1. The zero-order valence-corrected chi connectivity index (χ0v) is 11.8. The molecule has 0 unspecified atom stereocenters. The lowest BCUT2D eigenvalue weighted by molar-refractivity contribution is -0.118. The highest BCUT2D eigenvalue weighted by molar-refractivity contribution is 6.30. The standard InChI is InChI=1S/C16H12ClFN2O/c17-13-8-11(5-6-14(13)18)7-12(21)9-20-10-19-15-3-1-2-4-16(15)20/h1-6,8,10H,7,9H2. The van der Waals surface area contributed by atoms with E-state index in [1.165, 1.54) is 12.1 Å². The molecule has 5 heteroatoms. The van der Waals surface area contributed by atoms with Crippen LogP contribution in [0.5, 0.6) is 0 Å². The summed E-state index contributed by atoms with van der Waals surface area (Å²) in [5.41, 5.74) is 2.48.